The van der Waals surface area contributed by atoms with Gasteiger partial charge in [0.15, 0.2) is 0 Å². The van der Waals surface area contributed by atoms with Gasteiger partial charge in [-0.15, -0.1) is 0 Å². The summed E-state index contributed by atoms with van der Waals surface area (Å²) in [6, 6.07) is 35.7. The van der Waals surface area contributed by atoms with Crippen LogP contribution in [0.1, 0.15) is 24.3 Å². The van der Waals surface area contributed by atoms with E-state index in [0.29, 0.717) is 0 Å². The summed E-state index contributed by atoms with van der Waals surface area (Å²) in [6.45, 7) is 0. The number of fused-ring (bicyclic) bond motifs is 3. The molecule has 36 heavy (non-hydrogen) atoms. The first-order valence-corrected chi connectivity index (χ1v) is 14.1. The Morgan fingerprint density at radius 2 is 1.39 bits per heavy atom. The molecule has 2 atom stereocenters. The highest BCUT2D eigenvalue weighted by molar-refractivity contribution is 7.80. The molecule has 0 amide bonds. The van der Waals surface area contributed by atoms with E-state index in [-0.39, 0.29) is 12.0 Å². The summed E-state index contributed by atoms with van der Waals surface area (Å²) in [5.41, 5.74) is 5.50. The number of hydrogen-bond donors (Lipinski definition) is 0. The van der Waals surface area contributed by atoms with Gasteiger partial charge < -0.3 is 4.74 Å². The van der Waals surface area contributed by atoms with E-state index < -0.39 is 7.92 Å². The SMILES string of the molecule is C1=CC2=CC3=CCCC=C3C(c3c(P(c4ccccc4)c4ccccc4)ccc4ccccc34)C2O1. The van der Waals surface area contributed by atoms with Crippen molar-refractivity contribution in [3.63, 3.8) is 0 Å². The Morgan fingerprint density at radius 1 is 0.694 bits per heavy atom. The molecule has 0 fully saturated rings. The third-order valence-electron chi connectivity index (χ3n) is 7.53. The van der Waals surface area contributed by atoms with Crippen molar-refractivity contribution in [2.24, 2.45) is 0 Å². The van der Waals surface area contributed by atoms with Gasteiger partial charge in [0.25, 0.3) is 0 Å². The van der Waals surface area contributed by atoms with Crippen LogP contribution in [0.3, 0.4) is 0 Å². The molecule has 2 heteroatoms. The second kappa shape index (κ2) is 9.08. The molecular formula is C34H27OP. The van der Waals surface area contributed by atoms with E-state index >= 15 is 0 Å². The van der Waals surface area contributed by atoms with Crippen molar-refractivity contribution in [3.8, 4) is 0 Å². The lowest BCUT2D eigenvalue weighted by atomic mass is 9.72. The first kappa shape index (κ1) is 21.6. The molecule has 0 aromatic heterocycles. The molecule has 2 unspecified atom stereocenters. The highest BCUT2D eigenvalue weighted by atomic mass is 31.1. The van der Waals surface area contributed by atoms with Gasteiger partial charge in [-0.1, -0.05) is 109 Å². The number of benzene rings is 4. The lowest BCUT2D eigenvalue weighted by molar-refractivity contribution is 0.178. The molecule has 1 aliphatic heterocycles. The quantitative estimate of drug-likeness (QED) is 0.280. The van der Waals surface area contributed by atoms with E-state index in [1.807, 2.05) is 6.26 Å². The summed E-state index contributed by atoms with van der Waals surface area (Å²) >= 11 is 0. The fourth-order valence-electron chi connectivity index (χ4n) is 5.98. The zero-order valence-corrected chi connectivity index (χ0v) is 20.9. The van der Waals surface area contributed by atoms with Crippen molar-refractivity contribution < 1.29 is 4.74 Å². The first-order chi connectivity index (χ1) is 17.9. The molecule has 0 saturated heterocycles. The van der Waals surface area contributed by atoms with Crippen molar-refractivity contribution >= 4 is 34.6 Å². The van der Waals surface area contributed by atoms with Crippen LogP contribution >= 0.6 is 7.92 Å². The van der Waals surface area contributed by atoms with E-state index in [9.17, 15) is 0 Å². The Labute approximate surface area is 213 Å². The van der Waals surface area contributed by atoms with Gasteiger partial charge in [0.1, 0.15) is 6.10 Å². The molecule has 0 N–H and O–H groups in total. The minimum absolute atomic E-state index is 0.0134. The average molecular weight is 483 g/mol. The Kier molecular flexibility index (Phi) is 5.45. The smallest absolute Gasteiger partial charge is 0.134 e. The molecule has 0 bridgehead atoms. The summed E-state index contributed by atoms with van der Waals surface area (Å²) in [7, 11) is -0.749. The predicted molar refractivity (Wildman–Crippen MR) is 153 cm³/mol. The molecule has 0 spiro atoms. The molecule has 7 rings (SSSR count). The van der Waals surface area contributed by atoms with Gasteiger partial charge >= 0.3 is 0 Å². The highest BCUT2D eigenvalue weighted by Crippen LogP contribution is 2.49. The Balaban J connectivity index is 1.54. The average Bonchev–Trinajstić information content (AvgIpc) is 3.41. The number of hydrogen-bond acceptors (Lipinski definition) is 1. The minimum Gasteiger partial charge on any atom is -0.492 e. The van der Waals surface area contributed by atoms with Crippen LogP contribution in [0.4, 0.5) is 0 Å². The van der Waals surface area contributed by atoms with Crippen molar-refractivity contribution in [2.45, 2.75) is 24.9 Å². The fourth-order valence-corrected chi connectivity index (χ4v) is 8.50. The molecule has 174 valence electrons. The van der Waals surface area contributed by atoms with Gasteiger partial charge in [0, 0.05) is 0 Å². The van der Waals surface area contributed by atoms with Gasteiger partial charge in [0.2, 0.25) is 0 Å². The van der Waals surface area contributed by atoms with E-state index in [2.05, 4.69) is 121 Å². The second-order valence-corrected chi connectivity index (χ2v) is 11.8. The van der Waals surface area contributed by atoms with Gasteiger partial charge in [-0.2, -0.15) is 0 Å². The predicted octanol–water partition coefficient (Wildman–Crippen LogP) is 7.18. The van der Waals surface area contributed by atoms with Crippen molar-refractivity contribution in [1.82, 2.24) is 0 Å². The lowest BCUT2D eigenvalue weighted by Crippen LogP contribution is -2.32. The summed E-state index contributed by atoms with van der Waals surface area (Å²) in [6.07, 6.45) is 13.5. The Bertz CT molecular complexity index is 1520. The third kappa shape index (κ3) is 3.58. The maximum absolute atomic E-state index is 6.36. The van der Waals surface area contributed by atoms with Crippen LogP contribution in [0.25, 0.3) is 10.8 Å². The molecule has 1 nitrogen and oxygen atoms in total. The van der Waals surface area contributed by atoms with Crippen LogP contribution in [0.2, 0.25) is 0 Å². The summed E-state index contributed by atoms with van der Waals surface area (Å²) in [4.78, 5) is 0. The third-order valence-corrected chi connectivity index (χ3v) is 10.0. The maximum atomic E-state index is 6.36. The summed E-state index contributed by atoms with van der Waals surface area (Å²) < 4.78 is 6.36. The summed E-state index contributed by atoms with van der Waals surface area (Å²) in [5.74, 6) is 0.157. The molecule has 2 aliphatic carbocycles. The van der Waals surface area contributed by atoms with E-state index in [1.54, 1.807) is 0 Å². The van der Waals surface area contributed by atoms with E-state index in [4.69, 9.17) is 4.74 Å². The number of rotatable bonds is 4. The normalized spacial score (nSPS) is 20.3. The van der Waals surface area contributed by atoms with Crippen LogP contribution in [0.15, 0.2) is 144 Å². The van der Waals surface area contributed by atoms with Gasteiger partial charge in [-0.05, 0) is 81.9 Å². The zero-order valence-electron chi connectivity index (χ0n) is 20.0. The van der Waals surface area contributed by atoms with Gasteiger partial charge in [-0.25, -0.2) is 0 Å². The van der Waals surface area contributed by atoms with Crippen LogP contribution in [-0.4, -0.2) is 6.10 Å². The Hall–Kier alpha value is -3.67. The van der Waals surface area contributed by atoms with Crippen molar-refractivity contribution in [1.29, 1.82) is 0 Å². The molecule has 4 aromatic carbocycles. The summed E-state index contributed by atoms with van der Waals surface area (Å²) in [5, 5.41) is 6.80. The number of ether oxygens (including phenoxy) is 1. The highest BCUT2D eigenvalue weighted by Gasteiger charge is 2.40. The van der Waals surface area contributed by atoms with E-state index in [1.165, 1.54) is 49.0 Å². The van der Waals surface area contributed by atoms with Crippen LogP contribution in [0.5, 0.6) is 0 Å². The zero-order chi connectivity index (χ0) is 23.9. The molecule has 0 saturated carbocycles. The van der Waals surface area contributed by atoms with Crippen LogP contribution in [0, 0.1) is 0 Å². The molecule has 4 aromatic rings. The standard InChI is InChI=1S/C34H27OP/c1-3-13-27(14-4-1)36(28-15-5-2-6-16-28)31-20-19-24-11-7-9-17-29(24)32(31)33-30-18-10-8-12-25(30)23-26-21-22-35-34(26)33/h1-7,9,11-23,33-34H,8,10H2. The molecular weight excluding hydrogens is 455 g/mol. The van der Waals surface area contributed by atoms with Gasteiger partial charge in [-0.3, -0.25) is 0 Å². The van der Waals surface area contributed by atoms with Crippen molar-refractivity contribution in [3.05, 3.63) is 150 Å². The Morgan fingerprint density at radius 3 is 2.17 bits per heavy atom. The fraction of sp³-hybridized carbons (Fsp3) is 0.118. The van der Waals surface area contributed by atoms with Crippen molar-refractivity contribution in [2.75, 3.05) is 0 Å². The van der Waals surface area contributed by atoms with Crippen LogP contribution in [-0.2, 0) is 4.74 Å². The monoisotopic (exact) mass is 482 g/mol. The second-order valence-electron chi connectivity index (χ2n) is 9.60. The first-order valence-electron chi connectivity index (χ1n) is 12.7. The molecule has 1 heterocycles. The molecule has 3 aliphatic rings. The lowest BCUT2D eigenvalue weighted by Gasteiger charge is -2.36. The molecule has 0 radical (unpaired) electrons. The maximum Gasteiger partial charge on any atom is 0.134 e. The van der Waals surface area contributed by atoms with Crippen LogP contribution < -0.4 is 15.9 Å². The largest absolute Gasteiger partial charge is 0.492 e. The minimum atomic E-state index is -0.749. The topological polar surface area (TPSA) is 9.23 Å². The number of allylic oxidation sites excluding steroid dienone is 4. The van der Waals surface area contributed by atoms with Gasteiger partial charge in [0.05, 0.1) is 12.2 Å². The van der Waals surface area contributed by atoms with E-state index in [0.717, 1.165) is 12.8 Å².